The first-order valence-electron chi connectivity index (χ1n) is 9.22. The van der Waals surface area contributed by atoms with E-state index in [1.807, 2.05) is 27.7 Å². The van der Waals surface area contributed by atoms with Crippen LogP contribution in [-0.4, -0.2) is 14.1 Å². The molecule has 0 amide bonds. The van der Waals surface area contributed by atoms with Crippen molar-refractivity contribution < 1.29 is 0 Å². The summed E-state index contributed by atoms with van der Waals surface area (Å²) in [6.07, 6.45) is 0. The minimum Gasteiger partial charge on any atom is -0.377 e. The van der Waals surface area contributed by atoms with Gasteiger partial charge in [0, 0.05) is 24.9 Å². The number of hydrogen-bond acceptors (Lipinski definition) is 1. The second kappa shape index (κ2) is 9.32. The maximum Gasteiger partial charge on any atom is 0.0520 e. The van der Waals surface area contributed by atoms with Crippen LogP contribution >= 0.6 is 0 Å². The fraction of sp³-hybridized carbons (Fsp3) is 0.391. The van der Waals surface area contributed by atoms with Gasteiger partial charge in [0.1, 0.15) is 0 Å². The van der Waals surface area contributed by atoms with Crippen LogP contribution in [0.4, 0.5) is 5.69 Å². The lowest BCUT2D eigenvalue weighted by Gasteiger charge is -2.23. The summed E-state index contributed by atoms with van der Waals surface area (Å²) in [5.41, 5.74) is 2.78. The highest BCUT2D eigenvalue weighted by Crippen LogP contribution is 2.40. The van der Waals surface area contributed by atoms with Crippen LogP contribution in [0.15, 0.2) is 48.5 Å². The zero-order valence-corrected chi connectivity index (χ0v) is 16.6. The maximum absolute atomic E-state index is 2.28. The van der Waals surface area contributed by atoms with Gasteiger partial charge in [0.25, 0.3) is 0 Å². The first-order valence-corrected chi connectivity index (χ1v) is 9.22. The molecule has 0 saturated carbocycles. The van der Waals surface area contributed by atoms with Crippen molar-refractivity contribution in [1.29, 1.82) is 0 Å². The number of nitrogens with zero attached hydrogens (tertiary/aromatic N) is 1. The van der Waals surface area contributed by atoms with Gasteiger partial charge in [0.05, 0.1) is 5.69 Å². The normalized spacial score (nSPS) is 10.0. The Balaban J connectivity index is 0.000000671. The highest BCUT2D eigenvalue weighted by molar-refractivity contribution is 6.14. The summed E-state index contributed by atoms with van der Waals surface area (Å²) in [6.45, 7) is 12.6. The molecule has 0 spiro atoms. The zero-order valence-electron chi connectivity index (χ0n) is 16.6. The van der Waals surface area contributed by atoms with E-state index in [1.54, 1.807) is 0 Å². The van der Waals surface area contributed by atoms with Crippen LogP contribution in [0, 0.1) is 0 Å². The summed E-state index contributed by atoms with van der Waals surface area (Å²) in [5.74, 6) is 0.515. The summed E-state index contributed by atoms with van der Waals surface area (Å²) < 4.78 is 0. The molecule has 0 aliphatic heterocycles. The van der Waals surface area contributed by atoms with E-state index in [9.17, 15) is 0 Å². The van der Waals surface area contributed by atoms with Crippen molar-refractivity contribution >= 4 is 27.2 Å². The lowest BCUT2D eigenvalue weighted by atomic mass is 9.88. The van der Waals surface area contributed by atoms with Crippen molar-refractivity contribution in [2.24, 2.45) is 0 Å². The van der Waals surface area contributed by atoms with Gasteiger partial charge in [-0.25, -0.2) is 0 Å². The van der Waals surface area contributed by atoms with Crippen LogP contribution in [0.2, 0.25) is 0 Å². The monoisotopic (exact) mass is 323 g/mol. The van der Waals surface area contributed by atoms with Gasteiger partial charge in [-0.15, -0.1) is 0 Å². The average molecular weight is 324 g/mol. The molecule has 0 aromatic heterocycles. The van der Waals surface area contributed by atoms with Gasteiger partial charge < -0.3 is 4.90 Å². The van der Waals surface area contributed by atoms with Gasteiger partial charge in [0.15, 0.2) is 0 Å². The minimum atomic E-state index is 0.515. The zero-order chi connectivity index (χ0) is 18.3. The van der Waals surface area contributed by atoms with Crippen LogP contribution < -0.4 is 4.90 Å². The Bertz CT molecular complexity index is 646. The van der Waals surface area contributed by atoms with Crippen molar-refractivity contribution in [3.05, 3.63) is 54.1 Å². The molecule has 1 nitrogen and oxygen atoms in total. The SMILES string of the molecule is CC.CC.CC(C)c1c2ccccc2c(N(C)C)c2ccccc12. The summed E-state index contributed by atoms with van der Waals surface area (Å²) >= 11 is 0. The van der Waals surface area contributed by atoms with Crippen molar-refractivity contribution in [3.63, 3.8) is 0 Å². The molecule has 0 saturated heterocycles. The van der Waals surface area contributed by atoms with E-state index in [4.69, 9.17) is 0 Å². The van der Waals surface area contributed by atoms with Crippen molar-refractivity contribution in [2.75, 3.05) is 19.0 Å². The third kappa shape index (κ3) is 3.72. The molecule has 3 aromatic rings. The molecule has 0 radical (unpaired) electrons. The van der Waals surface area contributed by atoms with Crippen LogP contribution in [0.25, 0.3) is 21.5 Å². The number of anilines is 1. The molecule has 0 aliphatic carbocycles. The van der Waals surface area contributed by atoms with Gasteiger partial charge in [0.2, 0.25) is 0 Å². The summed E-state index contributed by atoms with van der Waals surface area (Å²) in [5, 5.41) is 5.45. The molecule has 1 heteroatoms. The van der Waals surface area contributed by atoms with Gasteiger partial charge in [-0.3, -0.25) is 0 Å². The standard InChI is InChI=1S/C19H21N.2C2H6/c1-13(2)18-14-9-5-7-11-16(14)19(20(3)4)17-12-8-6-10-15(17)18;2*1-2/h5-13H,1-4H3;2*1-2H3. The van der Waals surface area contributed by atoms with E-state index in [0.717, 1.165) is 0 Å². The fourth-order valence-corrected chi connectivity index (χ4v) is 3.24. The molecule has 0 unspecified atom stereocenters. The van der Waals surface area contributed by atoms with Crippen LogP contribution in [-0.2, 0) is 0 Å². The van der Waals surface area contributed by atoms with Gasteiger partial charge in [-0.05, 0) is 22.3 Å². The Morgan fingerprint density at radius 1 is 0.625 bits per heavy atom. The Kier molecular flexibility index (Phi) is 7.78. The summed E-state index contributed by atoms with van der Waals surface area (Å²) in [6, 6.07) is 17.5. The number of fused-ring (bicyclic) bond motifs is 2. The van der Waals surface area contributed by atoms with E-state index in [-0.39, 0.29) is 0 Å². The molecular formula is C23H33N. The predicted molar refractivity (Wildman–Crippen MR) is 113 cm³/mol. The maximum atomic E-state index is 2.28. The largest absolute Gasteiger partial charge is 0.377 e. The Labute approximate surface area is 148 Å². The number of rotatable bonds is 2. The average Bonchev–Trinajstić information content (AvgIpc) is 2.62. The summed E-state index contributed by atoms with van der Waals surface area (Å²) in [7, 11) is 4.26. The molecule has 0 fully saturated rings. The molecule has 0 atom stereocenters. The third-order valence-corrected chi connectivity index (χ3v) is 3.97. The van der Waals surface area contributed by atoms with Crippen molar-refractivity contribution in [2.45, 2.75) is 47.5 Å². The predicted octanol–water partition coefficient (Wildman–Crippen LogP) is 7.23. The molecule has 3 aromatic carbocycles. The highest BCUT2D eigenvalue weighted by atomic mass is 15.1. The van der Waals surface area contributed by atoms with Crippen molar-refractivity contribution in [1.82, 2.24) is 0 Å². The topological polar surface area (TPSA) is 3.24 Å². The van der Waals surface area contributed by atoms with Gasteiger partial charge in [-0.1, -0.05) is 90.1 Å². The first kappa shape index (κ1) is 20.0. The van der Waals surface area contributed by atoms with E-state index < -0.39 is 0 Å². The molecule has 0 bridgehead atoms. The van der Waals surface area contributed by atoms with Crippen LogP contribution in [0.5, 0.6) is 0 Å². The summed E-state index contributed by atoms with van der Waals surface area (Å²) in [4.78, 5) is 2.23. The van der Waals surface area contributed by atoms with Crippen LogP contribution in [0.3, 0.4) is 0 Å². The molecule has 0 aliphatic rings. The van der Waals surface area contributed by atoms with Gasteiger partial charge >= 0.3 is 0 Å². The number of benzene rings is 3. The smallest absolute Gasteiger partial charge is 0.0520 e. The molecule has 24 heavy (non-hydrogen) atoms. The molecule has 3 rings (SSSR count). The highest BCUT2D eigenvalue weighted by Gasteiger charge is 2.16. The number of hydrogen-bond donors (Lipinski definition) is 0. The molecule has 130 valence electrons. The lowest BCUT2D eigenvalue weighted by molar-refractivity contribution is 0.885. The Morgan fingerprint density at radius 2 is 0.958 bits per heavy atom. The molecule has 0 N–H and O–H groups in total. The first-order chi connectivity index (χ1) is 11.6. The van der Waals surface area contributed by atoms with E-state index in [2.05, 4.69) is 81.4 Å². The Hall–Kier alpha value is -2.02. The quantitative estimate of drug-likeness (QED) is 0.449. The third-order valence-electron chi connectivity index (χ3n) is 3.97. The fourth-order valence-electron chi connectivity index (χ4n) is 3.24. The molecule has 0 heterocycles. The lowest BCUT2D eigenvalue weighted by Crippen LogP contribution is -2.10. The van der Waals surface area contributed by atoms with Crippen LogP contribution in [0.1, 0.15) is 53.0 Å². The van der Waals surface area contributed by atoms with Crippen molar-refractivity contribution in [3.8, 4) is 0 Å². The van der Waals surface area contributed by atoms with Gasteiger partial charge in [-0.2, -0.15) is 0 Å². The molecular weight excluding hydrogens is 290 g/mol. The van der Waals surface area contributed by atoms with E-state index in [0.29, 0.717) is 5.92 Å². The second-order valence-electron chi connectivity index (χ2n) is 5.90. The van der Waals surface area contributed by atoms with E-state index in [1.165, 1.54) is 32.8 Å². The van der Waals surface area contributed by atoms with E-state index >= 15 is 0 Å². The Morgan fingerprint density at radius 3 is 1.25 bits per heavy atom. The minimum absolute atomic E-state index is 0.515. The second-order valence-corrected chi connectivity index (χ2v) is 5.90.